The Morgan fingerprint density at radius 3 is 2.18 bits per heavy atom. The van der Waals surface area contributed by atoms with E-state index < -0.39 is 17.9 Å². The number of hydrogen-bond acceptors (Lipinski definition) is 3. The zero-order valence-corrected chi connectivity index (χ0v) is 10.7. The summed E-state index contributed by atoms with van der Waals surface area (Å²) < 4.78 is 0. The fourth-order valence-corrected chi connectivity index (χ4v) is 1.26. The van der Waals surface area contributed by atoms with Crippen LogP contribution in [0.25, 0.3) is 0 Å². The highest BCUT2D eigenvalue weighted by Gasteiger charge is 2.21. The summed E-state index contributed by atoms with van der Waals surface area (Å²) in [5.74, 6) is -1.59. The lowest BCUT2D eigenvalue weighted by Gasteiger charge is -2.19. The van der Waals surface area contributed by atoms with E-state index in [2.05, 4.69) is 5.32 Å². The van der Waals surface area contributed by atoms with Crippen LogP contribution in [-0.2, 0) is 14.4 Å². The summed E-state index contributed by atoms with van der Waals surface area (Å²) in [6.45, 7) is 4.97. The number of aliphatic carboxylic acids is 1. The molecule has 0 fully saturated rings. The lowest BCUT2D eigenvalue weighted by molar-refractivity contribution is -0.142. The highest BCUT2D eigenvalue weighted by atomic mass is 16.4. The van der Waals surface area contributed by atoms with Crippen molar-refractivity contribution < 1.29 is 19.5 Å². The van der Waals surface area contributed by atoms with E-state index in [1.54, 1.807) is 0 Å². The van der Waals surface area contributed by atoms with Gasteiger partial charge in [0.1, 0.15) is 6.04 Å². The summed E-state index contributed by atoms with van der Waals surface area (Å²) in [4.78, 5) is 34.5. The molecule has 0 heterocycles. The number of nitrogens with one attached hydrogen (secondary N) is 1. The summed E-state index contributed by atoms with van der Waals surface area (Å²) in [5, 5.41) is 11.3. The fourth-order valence-electron chi connectivity index (χ4n) is 1.26. The molecule has 0 aliphatic carbocycles. The van der Waals surface area contributed by atoms with Crippen molar-refractivity contribution in [2.45, 2.75) is 33.2 Å². The first kappa shape index (κ1) is 15.4. The molecule has 0 saturated heterocycles. The van der Waals surface area contributed by atoms with E-state index in [9.17, 15) is 14.4 Å². The van der Waals surface area contributed by atoms with Gasteiger partial charge in [-0.3, -0.25) is 9.59 Å². The van der Waals surface area contributed by atoms with E-state index in [1.807, 2.05) is 13.8 Å². The zero-order valence-electron chi connectivity index (χ0n) is 10.7. The van der Waals surface area contributed by atoms with Crippen molar-refractivity contribution in [3.8, 4) is 0 Å². The van der Waals surface area contributed by atoms with E-state index in [1.165, 1.54) is 18.9 Å². The standard InChI is InChI=1S/C11H20N2O4/c1-7(2)5-9(11(16)17)12-10(15)6-13(4)8(3)14/h7,9H,5-6H2,1-4H3,(H,12,15)(H,16,17). The van der Waals surface area contributed by atoms with Gasteiger partial charge in [-0.2, -0.15) is 0 Å². The summed E-state index contributed by atoms with van der Waals surface area (Å²) in [6, 6.07) is -0.900. The van der Waals surface area contributed by atoms with E-state index >= 15 is 0 Å². The van der Waals surface area contributed by atoms with Gasteiger partial charge >= 0.3 is 5.97 Å². The van der Waals surface area contributed by atoms with Crippen LogP contribution in [-0.4, -0.2) is 47.4 Å². The van der Waals surface area contributed by atoms with Crippen LogP contribution in [0.5, 0.6) is 0 Å². The molecule has 0 bridgehead atoms. The molecule has 2 amide bonds. The number of carbonyl (C=O) groups excluding carboxylic acids is 2. The largest absolute Gasteiger partial charge is 0.480 e. The molecule has 0 aromatic carbocycles. The van der Waals surface area contributed by atoms with Gasteiger partial charge in [0.2, 0.25) is 11.8 Å². The monoisotopic (exact) mass is 244 g/mol. The first-order valence-corrected chi connectivity index (χ1v) is 5.48. The zero-order chi connectivity index (χ0) is 13.6. The van der Waals surface area contributed by atoms with Crippen LogP contribution in [0.4, 0.5) is 0 Å². The first-order valence-electron chi connectivity index (χ1n) is 5.48. The third-order valence-electron chi connectivity index (χ3n) is 2.26. The van der Waals surface area contributed by atoms with Crippen LogP contribution in [0.3, 0.4) is 0 Å². The van der Waals surface area contributed by atoms with Crippen molar-refractivity contribution in [2.75, 3.05) is 13.6 Å². The summed E-state index contributed by atoms with van der Waals surface area (Å²) in [7, 11) is 1.49. The molecule has 0 spiro atoms. The van der Waals surface area contributed by atoms with Crippen LogP contribution in [0, 0.1) is 5.92 Å². The van der Waals surface area contributed by atoms with Crippen molar-refractivity contribution in [3.05, 3.63) is 0 Å². The van der Waals surface area contributed by atoms with Gasteiger partial charge in [-0.1, -0.05) is 13.8 Å². The second-order valence-corrected chi connectivity index (χ2v) is 4.46. The number of amides is 2. The van der Waals surface area contributed by atoms with Crippen molar-refractivity contribution in [2.24, 2.45) is 5.92 Å². The maximum atomic E-state index is 11.5. The number of carboxylic acid groups (broad SMARTS) is 1. The Bertz CT molecular complexity index is 302. The van der Waals surface area contributed by atoms with Gasteiger partial charge in [-0.15, -0.1) is 0 Å². The number of nitrogens with zero attached hydrogens (tertiary/aromatic N) is 1. The Labute approximate surface area is 101 Å². The van der Waals surface area contributed by atoms with Crippen molar-refractivity contribution >= 4 is 17.8 Å². The molecule has 2 N–H and O–H groups in total. The molecule has 0 aliphatic rings. The Balaban J connectivity index is 4.31. The molecular formula is C11H20N2O4. The number of carboxylic acids is 1. The third-order valence-corrected chi connectivity index (χ3v) is 2.26. The molecule has 1 unspecified atom stereocenters. The molecule has 17 heavy (non-hydrogen) atoms. The van der Waals surface area contributed by atoms with Gasteiger partial charge in [0.25, 0.3) is 0 Å². The SMILES string of the molecule is CC(=O)N(C)CC(=O)NC(CC(C)C)C(=O)O. The van der Waals surface area contributed by atoms with Crippen LogP contribution in [0.15, 0.2) is 0 Å². The second-order valence-electron chi connectivity index (χ2n) is 4.46. The molecule has 6 heteroatoms. The quantitative estimate of drug-likeness (QED) is 0.692. The summed E-state index contributed by atoms with van der Waals surface area (Å²) in [6.07, 6.45) is 0.366. The van der Waals surface area contributed by atoms with E-state index in [-0.39, 0.29) is 18.4 Å². The number of likely N-dealkylation sites (N-methyl/N-ethyl adjacent to an activating group) is 1. The van der Waals surface area contributed by atoms with Crippen molar-refractivity contribution in [1.29, 1.82) is 0 Å². The van der Waals surface area contributed by atoms with E-state index in [4.69, 9.17) is 5.11 Å². The minimum atomic E-state index is -1.06. The maximum Gasteiger partial charge on any atom is 0.326 e. The maximum absolute atomic E-state index is 11.5. The average Bonchev–Trinajstić information content (AvgIpc) is 2.15. The van der Waals surface area contributed by atoms with Gasteiger partial charge in [0.15, 0.2) is 0 Å². The minimum Gasteiger partial charge on any atom is -0.480 e. The number of hydrogen-bond donors (Lipinski definition) is 2. The predicted octanol–water partition coefficient (Wildman–Crippen LogP) is 0.0802. The molecule has 0 radical (unpaired) electrons. The Morgan fingerprint density at radius 2 is 1.82 bits per heavy atom. The van der Waals surface area contributed by atoms with Crippen LogP contribution < -0.4 is 5.32 Å². The lowest BCUT2D eigenvalue weighted by Crippen LogP contribution is -2.46. The highest BCUT2D eigenvalue weighted by Crippen LogP contribution is 2.04. The second kappa shape index (κ2) is 6.88. The van der Waals surface area contributed by atoms with Gasteiger partial charge in [0, 0.05) is 14.0 Å². The van der Waals surface area contributed by atoms with Crippen molar-refractivity contribution in [1.82, 2.24) is 10.2 Å². The molecular weight excluding hydrogens is 224 g/mol. The Hall–Kier alpha value is -1.59. The Morgan fingerprint density at radius 1 is 1.29 bits per heavy atom. The third kappa shape index (κ3) is 6.55. The summed E-state index contributed by atoms with van der Waals surface area (Å²) in [5.41, 5.74) is 0. The first-order chi connectivity index (χ1) is 7.73. The molecule has 0 saturated carbocycles. The van der Waals surface area contributed by atoms with Gasteiger partial charge < -0.3 is 15.3 Å². The van der Waals surface area contributed by atoms with Gasteiger partial charge in [-0.05, 0) is 12.3 Å². The number of rotatable bonds is 6. The Kier molecular flexibility index (Phi) is 6.23. The normalized spacial score (nSPS) is 12.1. The van der Waals surface area contributed by atoms with E-state index in [0.29, 0.717) is 6.42 Å². The van der Waals surface area contributed by atoms with Crippen LogP contribution in [0.2, 0.25) is 0 Å². The van der Waals surface area contributed by atoms with Crippen molar-refractivity contribution in [3.63, 3.8) is 0 Å². The van der Waals surface area contributed by atoms with Gasteiger partial charge in [-0.25, -0.2) is 4.79 Å². The molecule has 98 valence electrons. The van der Waals surface area contributed by atoms with E-state index in [0.717, 1.165) is 0 Å². The highest BCUT2D eigenvalue weighted by molar-refractivity contribution is 5.87. The molecule has 0 rings (SSSR count). The topological polar surface area (TPSA) is 86.7 Å². The minimum absolute atomic E-state index is 0.128. The number of carbonyl (C=O) groups is 3. The molecule has 0 aromatic heterocycles. The molecule has 6 nitrogen and oxygen atoms in total. The van der Waals surface area contributed by atoms with Crippen LogP contribution >= 0.6 is 0 Å². The van der Waals surface area contributed by atoms with Gasteiger partial charge in [0.05, 0.1) is 6.54 Å². The molecule has 1 atom stereocenters. The molecule has 0 aromatic rings. The summed E-state index contributed by atoms with van der Waals surface area (Å²) >= 11 is 0. The molecule has 0 aliphatic heterocycles. The lowest BCUT2D eigenvalue weighted by atomic mass is 10.0. The predicted molar refractivity (Wildman–Crippen MR) is 62.3 cm³/mol. The smallest absolute Gasteiger partial charge is 0.326 e. The average molecular weight is 244 g/mol. The van der Waals surface area contributed by atoms with Crippen LogP contribution in [0.1, 0.15) is 27.2 Å². The fraction of sp³-hybridized carbons (Fsp3) is 0.727.